The molecular weight excluding hydrogens is 460 g/mol. The molecule has 4 rings (SSSR count). The Labute approximate surface area is 196 Å². The third kappa shape index (κ3) is 5.78. The summed E-state index contributed by atoms with van der Waals surface area (Å²) in [5.74, 6) is -0.696. The topological polar surface area (TPSA) is 108 Å². The van der Waals surface area contributed by atoms with E-state index in [1.165, 1.54) is 15.6 Å². The van der Waals surface area contributed by atoms with E-state index in [-0.39, 0.29) is 16.7 Å². The van der Waals surface area contributed by atoms with Gasteiger partial charge in [-0.1, -0.05) is 30.3 Å². The summed E-state index contributed by atoms with van der Waals surface area (Å²) < 4.78 is 27.3. The Hall–Kier alpha value is -3.21. The maximum atomic E-state index is 12.9. The number of rotatable bonds is 6. The third-order valence-corrected chi connectivity index (χ3v) is 8.50. The molecule has 1 aliphatic heterocycles. The van der Waals surface area contributed by atoms with Crippen LogP contribution in [-0.4, -0.2) is 37.8 Å². The first kappa shape index (κ1) is 23.0. The van der Waals surface area contributed by atoms with Crippen molar-refractivity contribution in [2.24, 2.45) is 5.92 Å². The molecule has 0 aliphatic carbocycles. The van der Waals surface area contributed by atoms with Crippen LogP contribution in [0.4, 0.5) is 21.9 Å². The quantitative estimate of drug-likeness (QED) is 0.481. The monoisotopic (exact) mass is 484 g/mol. The van der Waals surface area contributed by atoms with Crippen LogP contribution in [0.2, 0.25) is 0 Å². The first-order valence-electron chi connectivity index (χ1n) is 10.5. The Bertz CT molecular complexity index is 1210. The van der Waals surface area contributed by atoms with E-state index >= 15 is 0 Å². The Morgan fingerprint density at radius 2 is 1.58 bits per heavy atom. The van der Waals surface area contributed by atoms with Crippen molar-refractivity contribution in [2.75, 3.05) is 29.0 Å². The molecule has 1 unspecified atom stereocenters. The van der Waals surface area contributed by atoms with Gasteiger partial charge in [-0.25, -0.2) is 13.2 Å². The molecule has 3 N–H and O–H groups in total. The largest absolute Gasteiger partial charge is 0.326 e. The second-order valence-corrected chi connectivity index (χ2v) is 10.8. The third-order valence-electron chi connectivity index (χ3n) is 5.26. The molecule has 0 radical (unpaired) electrons. The number of piperidine rings is 1. The molecule has 8 nitrogen and oxygen atoms in total. The first-order chi connectivity index (χ1) is 15.9. The van der Waals surface area contributed by atoms with Crippen molar-refractivity contribution in [3.05, 3.63) is 72.1 Å². The lowest BCUT2D eigenvalue weighted by molar-refractivity contribution is -0.120. The molecule has 2 heterocycles. The van der Waals surface area contributed by atoms with Crippen molar-refractivity contribution in [3.63, 3.8) is 0 Å². The number of sulfonamides is 1. The normalized spacial score (nSPS) is 16.7. The summed E-state index contributed by atoms with van der Waals surface area (Å²) in [6.07, 6.45) is 1.23. The molecule has 0 saturated carbocycles. The number of carbonyl (C=O) groups is 2. The summed E-state index contributed by atoms with van der Waals surface area (Å²) >= 11 is 1.17. The minimum absolute atomic E-state index is 0.142. The molecule has 1 saturated heterocycles. The summed E-state index contributed by atoms with van der Waals surface area (Å²) in [5, 5.41) is 10.0. The maximum Gasteiger partial charge on any atom is 0.323 e. The average Bonchev–Trinajstić information content (AvgIpc) is 3.36. The molecule has 1 aliphatic rings. The van der Waals surface area contributed by atoms with Crippen molar-refractivity contribution < 1.29 is 18.0 Å². The second-order valence-electron chi connectivity index (χ2n) is 7.65. The van der Waals surface area contributed by atoms with Crippen molar-refractivity contribution in [3.8, 4) is 0 Å². The van der Waals surface area contributed by atoms with E-state index in [1.54, 1.807) is 53.9 Å². The Balaban J connectivity index is 1.37. The lowest BCUT2D eigenvalue weighted by atomic mass is 9.98. The minimum Gasteiger partial charge on any atom is -0.326 e. The Morgan fingerprint density at radius 1 is 0.879 bits per heavy atom. The summed E-state index contributed by atoms with van der Waals surface area (Å²) in [4.78, 5) is 25.1. The summed E-state index contributed by atoms with van der Waals surface area (Å²) in [5.41, 5.74) is 1.71. The van der Waals surface area contributed by atoms with Crippen LogP contribution in [-0.2, 0) is 14.8 Å². The molecule has 0 bridgehead atoms. The molecule has 10 heteroatoms. The van der Waals surface area contributed by atoms with E-state index in [0.717, 1.165) is 0 Å². The van der Waals surface area contributed by atoms with Crippen LogP contribution in [0.5, 0.6) is 0 Å². The van der Waals surface area contributed by atoms with Gasteiger partial charge in [-0.3, -0.25) is 4.79 Å². The summed E-state index contributed by atoms with van der Waals surface area (Å²) in [7, 11) is -3.59. The highest BCUT2D eigenvalue weighted by Crippen LogP contribution is 2.27. The molecule has 3 amide bonds. The molecule has 1 aromatic heterocycles. The highest BCUT2D eigenvalue weighted by atomic mass is 32.2. The van der Waals surface area contributed by atoms with Gasteiger partial charge in [-0.2, -0.15) is 4.31 Å². The van der Waals surface area contributed by atoms with Crippen LogP contribution in [0, 0.1) is 5.92 Å². The molecular formula is C23H24N4O4S2. The number of nitrogens with one attached hydrogen (secondary N) is 3. The molecule has 2 aromatic carbocycles. The van der Waals surface area contributed by atoms with Gasteiger partial charge in [0, 0.05) is 30.2 Å². The Kier molecular flexibility index (Phi) is 7.07. The standard InChI is InChI=1S/C23H24N4O4S2/c28-22(17-7-5-13-27(16-17)33(30,31)21-12-6-14-32-21)24-19-10-4-11-20(15-19)26-23(29)25-18-8-2-1-3-9-18/h1-4,6,8-12,14-15,17H,5,7,13,16H2,(H,24,28)(H2,25,26,29). The number of urea groups is 1. The first-order valence-corrected chi connectivity index (χ1v) is 12.8. The van der Waals surface area contributed by atoms with Gasteiger partial charge >= 0.3 is 6.03 Å². The van der Waals surface area contributed by atoms with Gasteiger partial charge in [0.2, 0.25) is 5.91 Å². The Morgan fingerprint density at radius 3 is 2.30 bits per heavy atom. The van der Waals surface area contributed by atoms with Gasteiger partial charge in [0.25, 0.3) is 10.0 Å². The fraction of sp³-hybridized carbons (Fsp3) is 0.217. The van der Waals surface area contributed by atoms with Crippen molar-refractivity contribution in [1.29, 1.82) is 0 Å². The number of hydrogen-bond acceptors (Lipinski definition) is 5. The van der Waals surface area contributed by atoms with Gasteiger partial charge in [0.05, 0.1) is 5.92 Å². The SMILES string of the molecule is O=C(Nc1ccccc1)Nc1cccc(NC(=O)C2CCCN(S(=O)(=O)c3cccs3)C2)c1. The number of hydrogen-bond donors (Lipinski definition) is 3. The molecule has 1 fully saturated rings. The van der Waals surface area contributed by atoms with Gasteiger partial charge in [-0.05, 0) is 54.6 Å². The number of anilines is 3. The predicted octanol–water partition coefficient (Wildman–Crippen LogP) is 4.43. The molecule has 1 atom stereocenters. The van der Waals surface area contributed by atoms with E-state index in [4.69, 9.17) is 0 Å². The number of nitrogens with zero attached hydrogens (tertiary/aromatic N) is 1. The summed E-state index contributed by atoms with van der Waals surface area (Å²) in [6, 6.07) is 18.8. The van der Waals surface area contributed by atoms with Crippen molar-refractivity contribution in [2.45, 2.75) is 17.1 Å². The molecule has 0 spiro atoms. The van der Waals surface area contributed by atoms with E-state index in [0.29, 0.717) is 36.4 Å². The van der Waals surface area contributed by atoms with Gasteiger partial charge < -0.3 is 16.0 Å². The molecule has 3 aromatic rings. The van der Waals surface area contributed by atoms with Gasteiger partial charge in [0.1, 0.15) is 4.21 Å². The predicted molar refractivity (Wildman–Crippen MR) is 130 cm³/mol. The average molecular weight is 485 g/mol. The number of para-hydroxylation sites is 1. The smallest absolute Gasteiger partial charge is 0.323 e. The van der Waals surface area contributed by atoms with Crippen LogP contribution in [0.1, 0.15) is 12.8 Å². The van der Waals surface area contributed by atoms with E-state index in [9.17, 15) is 18.0 Å². The fourth-order valence-corrected chi connectivity index (χ4v) is 6.31. The highest BCUT2D eigenvalue weighted by molar-refractivity contribution is 7.91. The zero-order valence-corrected chi connectivity index (χ0v) is 19.4. The van der Waals surface area contributed by atoms with Crippen molar-refractivity contribution >= 4 is 50.4 Å². The van der Waals surface area contributed by atoms with Crippen LogP contribution in [0.25, 0.3) is 0 Å². The molecule has 33 heavy (non-hydrogen) atoms. The zero-order valence-electron chi connectivity index (χ0n) is 17.7. The van der Waals surface area contributed by atoms with Gasteiger partial charge in [-0.15, -0.1) is 11.3 Å². The lowest BCUT2D eigenvalue weighted by Gasteiger charge is -2.30. The number of benzene rings is 2. The number of thiophene rings is 1. The van der Waals surface area contributed by atoms with Crippen LogP contribution in [0.15, 0.2) is 76.3 Å². The number of amides is 3. The second kappa shape index (κ2) is 10.2. The highest BCUT2D eigenvalue weighted by Gasteiger charge is 2.33. The maximum absolute atomic E-state index is 12.9. The number of carbonyl (C=O) groups excluding carboxylic acids is 2. The van der Waals surface area contributed by atoms with Crippen LogP contribution >= 0.6 is 11.3 Å². The molecule has 172 valence electrons. The van der Waals surface area contributed by atoms with Gasteiger partial charge in [0.15, 0.2) is 0 Å². The summed E-state index contributed by atoms with van der Waals surface area (Å²) in [6.45, 7) is 0.545. The minimum atomic E-state index is -3.59. The van der Waals surface area contributed by atoms with Crippen molar-refractivity contribution in [1.82, 2.24) is 4.31 Å². The zero-order chi connectivity index (χ0) is 23.3. The van der Waals surface area contributed by atoms with E-state index < -0.39 is 22.0 Å². The van der Waals surface area contributed by atoms with Crippen LogP contribution < -0.4 is 16.0 Å². The van der Waals surface area contributed by atoms with E-state index in [2.05, 4.69) is 16.0 Å². The van der Waals surface area contributed by atoms with E-state index in [1.807, 2.05) is 18.2 Å². The fourth-order valence-electron chi connectivity index (χ4n) is 3.65. The van der Waals surface area contributed by atoms with Crippen LogP contribution in [0.3, 0.4) is 0 Å². The lowest BCUT2D eigenvalue weighted by Crippen LogP contribution is -2.43.